The first-order valence-corrected chi connectivity index (χ1v) is 6.47. The van der Waals surface area contributed by atoms with Gasteiger partial charge in [-0.25, -0.2) is 4.98 Å². The molecule has 2 aromatic rings. The van der Waals surface area contributed by atoms with Crippen molar-refractivity contribution in [2.24, 2.45) is 0 Å². The zero-order chi connectivity index (χ0) is 12.3. The molecule has 0 radical (unpaired) electrons. The molecule has 0 aliphatic carbocycles. The van der Waals surface area contributed by atoms with Crippen molar-refractivity contribution in [2.75, 3.05) is 5.32 Å². The van der Waals surface area contributed by atoms with Gasteiger partial charge in [0.1, 0.15) is 11.0 Å². The number of benzene rings is 1. The molecule has 1 N–H and O–H groups in total. The van der Waals surface area contributed by atoms with E-state index in [2.05, 4.69) is 39.2 Å². The van der Waals surface area contributed by atoms with E-state index < -0.39 is 0 Å². The van der Waals surface area contributed by atoms with Gasteiger partial charge >= 0.3 is 0 Å². The Kier molecular flexibility index (Phi) is 4.02. The Labute approximate surface area is 114 Å². The summed E-state index contributed by atoms with van der Waals surface area (Å²) in [6.45, 7) is 2.09. The molecule has 0 aliphatic heterocycles. The van der Waals surface area contributed by atoms with Crippen LogP contribution in [-0.2, 0) is 0 Å². The first kappa shape index (κ1) is 12.4. The van der Waals surface area contributed by atoms with Crippen molar-refractivity contribution in [3.8, 4) is 0 Å². The smallest absolute Gasteiger partial charge is 0.131 e. The molecule has 88 valence electrons. The van der Waals surface area contributed by atoms with E-state index >= 15 is 0 Å². The summed E-state index contributed by atoms with van der Waals surface area (Å²) in [6, 6.07) is 13.8. The summed E-state index contributed by atoms with van der Waals surface area (Å²) in [4.78, 5) is 4.21. The third-order valence-corrected chi connectivity index (χ3v) is 3.38. The minimum atomic E-state index is 0.163. The average molecular weight is 312 g/mol. The highest BCUT2D eigenvalue weighted by atomic mass is 79.9. The van der Waals surface area contributed by atoms with Crippen molar-refractivity contribution in [2.45, 2.75) is 13.0 Å². The molecular formula is C13H12BrClN2. The van der Waals surface area contributed by atoms with E-state index in [1.807, 2.05) is 30.3 Å². The molecule has 1 heterocycles. The predicted octanol–water partition coefficient (Wildman–Crippen LogP) is 4.67. The van der Waals surface area contributed by atoms with E-state index in [-0.39, 0.29) is 6.04 Å². The van der Waals surface area contributed by atoms with Crippen molar-refractivity contribution in [3.63, 3.8) is 0 Å². The van der Waals surface area contributed by atoms with Crippen LogP contribution in [-0.4, -0.2) is 4.98 Å². The first-order chi connectivity index (χ1) is 8.16. The van der Waals surface area contributed by atoms with Crippen LogP contribution in [0.1, 0.15) is 18.5 Å². The van der Waals surface area contributed by atoms with Crippen LogP contribution in [0, 0.1) is 0 Å². The zero-order valence-electron chi connectivity index (χ0n) is 9.32. The van der Waals surface area contributed by atoms with Gasteiger partial charge in [-0.1, -0.05) is 51.8 Å². The van der Waals surface area contributed by atoms with Crippen LogP contribution in [0.4, 0.5) is 5.82 Å². The second-order valence-electron chi connectivity index (χ2n) is 3.73. The number of nitrogens with zero attached hydrogens (tertiary/aromatic N) is 1. The Hall–Kier alpha value is -1.06. The molecule has 0 saturated heterocycles. The van der Waals surface area contributed by atoms with Crippen LogP contribution in [0.3, 0.4) is 0 Å². The summed E-state index contributed by atoms with van der Waals surface area (Å²) in [5.74, 6) is 0.778. The number of anilines is 1. The third-order valence-electron chi connectivity index (χ3n) is 2.45. The molecule has 1 aromatic carbocycles. The minimum absolute atomic E-state index is 0.163. The summed E-state index contributed by atoms with van der Waals surface area (Å²) in [7, 11) is 0. The van der Waals surface area contributed by atoms with E-state index in [0.29, 0.717) is 5.15 Å². The van der Waals surface area contributed by atoms with Gasteiger partial charge in [-0.15, -0.1) is 0 Å². The molecule has 4 heteroatoms. The molecule has 0 saturated carbocycles. The monoisotopic (exact) mass is 310 g/mol. The quantitative estimate of drug-likeness (QED) is 0.833. The number of hydrogen-bond donors (Lipinski definition) is 1. The maximum atomic E-state index is 5.85. The highest BCUT2D eigenvalue weighted by Gasteiger charge is 2.08. The molecule has 17 heavy (non-hydrogen) atoms. The van der Waals surface area contributed by atoms with Crippen LogP contribution in [0.5, 0.6) is 0 Å². The maximum absolute atomic E-state index is 5.85. The molecule has 0 spiro atoms. The second-order valence-corrected chi connectivity index (χ2v) is 4.97. The molecular weight excluding hydrogens is 300 g/mol. The fourth-order valence-electron chi connectivity index (χ4n) is 1.61. The van der Waals surface area contributed by atoms with E-state index in [9.17, 15) is 0 Å². The molecule has 2 nitrogen and oxygen atoms in total. The lowest BCUT2D eigenvalue weighted by atomic mass is 10.1. The van der Waals surface area contributed by atoms with Crippen molar-refractivity contribution in [3.05, 3.63) is 57.7 Å². The fourth-order valence-corrected chi connectivity index (χ4v) is 2.41. The molecule has 0 bridgehead atoms. The molecule has 0 fully saturated rings. The highest BCUT2D eigenvalue weighted by molar-refractivity contribution is 9.10. The van der Waals surface area contributed by atoms with Crippen molar-refractivity contribution in [1.29, 1.82) is 0 Å². The first-order valence-electron chi connectivity index (χ1n) is 5.30. The Morgan fingerprint density at radius 1 is 1.18 bits per heavy atom. The lowest BCUT2D eigenvalue weighted by molar-refractivity contribution is 0.869. The van der Waals surface area contributed by atoms with Crippen molar-refractivity contribution >= 4 is 33.3 Å². The van der Waals surface area contributed by atoms with Gasteiger partial charge in [0.15, 0.2) is 0 Å². The Morgan fingerprint density at radius 3 is 2.65 bits per heavy atom. The van der Waals surface area contributed by atoms with Crippen LogP contribution in [0.15, 0.2) is 46.9 Å². The van der Waals surface area contributed by atoms with Crippen LogP contribution in [0.2, 0.25) is 5.15 Å². The van der Waals surface area contributed by atoms with Crippen molar-refractivity contribution < 1.29 is 0 Å². The molecule has 2 rings (SSSR count). The summed E-state index contributed by atoms with van der Waals surface area (Å²) >= 11 is 9.38. The average Bonchev–Trinajstić information content (AvgIpc) is 2.29. The van der Waals surface area contributed by atoms with Crippen LogP contribution in [0.25, 0.3) is 0 Å². The predicted molar refractivity (Wildman–Crippen MR) is 75.4 cm³/mol. The summed E-state index contributed by atoms with van der Waals surface area (Å²) in [5.41, 5.74) is 1.19. The SMILES string of the molecule is CC(Nc1cccc(Cl)n1)c1ccccc1Br. The van der Waals surface area contributed by atoms with E-state index in [1.54, 1.807) is 6.07 Å². The molecule has 1 unspecified atom stereocenters. The standard InChI is InChI=1S/C13H12BrClN2/c1-9(10-5-2-3-6-11(10)14)16-13-8-4-7-12(15)17-13/h2-9H,1H3,(H,16,17). The number of pyridine rings is 1. The Morgan fingerprint density at radius 2 is 1.94 bits per heavy atom. The van der Waals surface area contributed by atoms with Crippen LogP contribution < -0.4 is 5.32 Å². The number of halogens is 2. The minimum Gasteiger partial charge on any atom is -0.363 e. The van der Waals surface area contributed by atoms with Gasteiger partial charge in [0.05, 0.1) is 6.04 Å². The van der Waals surface area contributed by atoms with Gasteiger partial charge < -0.3 is 5.32 Å². The number of hydrogen-bond acceptors (Lipinski definition) is 2. The van der Waals surface area contributed by atoms with Gasteiger partial charge in [0.2, 0.25) is 0 Å². The van der Waals surface area contributed by atoms with Gasteiger partial charge in [-0.3, -0.25) is 0 Å². The molecule has 0 amide bonds. The fraction of sp³-hybridized carbons (Fsp3) is 0.154. The van der Waals surface area contributed by atoms with Gasteiger partial charge in [-0.05, 0) is 30.7 Å². The summed E-state index contributed by atoms with van der Waals surface area (Å²) in [5, 5.41) is 3.81. The topological polar surface area (TPSA) is 24.9 Å². The van der Waals surface area contributed by atoms with Gasteiger partial charge in [0.25, 0.3) is 0 Å². The van der Waals surface area contributed by atoms with Gasteiger partial charge in [-0.2, -0.15) is 0 Å². The van der Waals surface area contributed by atoms with Crippen LogP contribution >= 0.6 is 27.5 Å². The number of rotatable bonds is 3. The van der Waals surface area contributed by atoms with Gasteiger partial charge in [0, 0.05) is 4.47 Å². The maximum Gasteiger partial charge on any atom is 0.131 e. The lowest BCUT2D eigenvalue weighted by Gasteiger charge is -2.16. The van der Waals surface area contributed by atoms with E-state index in [1.165, 1.54) is 5.56 Å². The zero-order valence-corrected chi connectivity index (χ0v) is 11.7. The van der Waals surface area contributed by atoms with E-state index in [4.69, 9.17) is 11.6 Å². The Bertz CT molecular complexity index is 516. The summed E-state index contributed by atoms with van der Waals surface area (Å²) < 4.78 is 1.09. The molecule has 1 aromatic heterocycles. The normalized spacial score (nSPS) is 12.2. The molecule has 1 atom stereocenters. The lowest BCUT2D eigenvalue weighted by Crippen LogP contribution is -2.08. The Balaban J connectivity index is 2.17. The molecule has 0 aliphatic rings. The third kappa shape index (κ3) is 3.20. The number of aromatic nitrogens is 1. The summed E-state index contributed by atoms with van der Waals surface area (Å²) in [6.07, 6.45) is 0. The number of nitrogens with one attached hydrogen (secondary N) is 1. The largest absolute Gasteiger partial charge is 0.363 e. The second kappa shape index (κ2) is 5.52. The van der Waals surface area contributed by atoms with Crippen molar-refractivity contribution in [1.82, 2.24) is 4.98 Å². The van der Waals surface area contributed by atoms with E-state index in [0.717, 1.165) is 10.3 Å². The highest BCUT2D eigenvalue weighted by Crippen LogP contribution is 2.25.